The third-order valence-corrected chi connectivity index (χ3v) is 7.22. The number of carbonyl (C=O) groups is 4. The summed E-state index contributed by atoms with van der Waals surface area (Å²) < 4.78 is 6.29. The van der Waals surface area contributed by atoms with E-state index in [4.69, 9.17) is 4.74 Å². The van der Waals surface area contributed by atoms with Crippen LogP contribution in [0.4, 0.5) is 5.69 Å². The molecule has 0 bridgehead atoms. The summed E-state index contributed by atoms with van der Waals surface area (Å²) in [5.74, 6) is -4.37. The van der Waals surface area contributed by atoms with Crippen molar-refractivity contribution in [1.82, 2.24) is 0 Å². The fourth-order valence-electron chi connectivity index (χ4n) is 5.52. The van der Waals surface area contributed by atoms with E-state index in [2.05, 4.69) is 0 Å². The first-order valence-electron chi connectivity index (χ1n) is 11.2. The average Bonchev–Trinajstić information content (AvgIpc) is 3.40. The Morgan fingerprint density at radius 2 is 1.24 bits per heavy atom. The Morgan fingerprint density at radius 3 is 1.79 bits per heavy atom. The maximum Gasteiger partial charge on any atom is 0.241 e. The lowest BCUT2D eigenvalue weighted by molar-refractivity contribution is -0.127. The molecule has 0 unspecified atom stereocenters. The van der Waals surface area contributed by atoms with E-state index in [9.17, 15) is 19.2 Å². The zero-order valence-electron chi connectivity index (χ0n) is 18.6. The van der Waals surface area contributed by atoms with Crippen molar-refractivity contribution in [1.29, 1.82) is 0 Å². The SMILES string of the molecule is Cc1ccc([C@@H]2OC3(C(=O)c4ccccc4C3=O)[C@H]3C(=O)N(c4ccc(C)cc4)C(=O)[C@@H]23)cc1. The molecule has 2 aliphatic heterocycles. The van der Waals surface area contributed by atoms with Gasteiger partial charge < -0.3 is 4.74 Å². The molecule has 3 atom stereocenters. The van der Waals surface area contributed by atoms with E-state index < -0.39 is 46.9 Å². The number of nitrogens with zero attached hydrogens (tertiary/aromatic N) is 1. The molecule has 2 saturated heterocycles. The number of fused-ring (bicyclic) bond motifs is 3. The Labute approximate surface area is 196 Å². The van der Waals surface area contributed by atoms with Crippen molar-refractivity contribution in [3.8, 4) is 0 Å². The summed E-state index contributed by atoms with van der Waals surface area (Å²) in [5, 5.41) is 0. The van der Waals surface area contributed by atoms with E-state index in [1.54, 1.807) is 36.4 Å². The molecule has 0 saturated carbocycles. The van der Waals surface area contributed by atoms with Gasteiger partial charge in [-0.15, -0.1) is 0 Å². The highest BCUT2D eigenvalue weighted by atomic mass is 16.5. The van der Waals surface area contributed by atoms with Crippen molar-refractivity contribution < 1.29 is 23.9 Å². The average molecular weight is 451 g/mol. The Hall–Kier alpha value is -3.90. The number of hydrogen-bond donors (Lipinski definition) is 0. The van der Waals surface area contributed by atoms with Crippen LogP contribution in [-0.4, -0.2) is 29.0 Å². The number of anilines is 1. The molecular formula is C28H21NO5. The Balaban J connectivity index is 1.54. The topological polar surface area (TPSA) is 80.8 Å². The van der Waals surface area contributed by atoms with Crippen LogP contribution in [-0.2, 0) is 14.3 Å². The molecule has 0 aromatic heterocycles. The molecule has 3 aliphatic rings. The van der Waals surface area contributed by atoms with Gasteiger partial charge in [0.2, 0.25) is 29.0 Å². The molecule has 2 amide bonds. The molecule has 6 rings (SSSR count). The number of amides is 2. The minimum Gasteiger partial charge on any atom is -0.349 e. The number of carbonyl (C=O) groups excluding carboxylic acids is 4. The molecule has 0 N–H and O–H groups in total. The van der Waals surface area contributed by atoms with E-state index in [1.807, 2.05) is 50.2 Å². The lowest BCUT2D eigenvalue weighted by Crippen LogP contribution is -2.51. The summed E-state index contributed by atoms with van der Waals surface area (Å²) in [6, 6.07) is 20.9. The number of ether oxygens (including phenoxy) is 1. The highest BCUT2D eigenvalue weighted by molar-refractivity contribution is 6.37. The summed E-state index contributed by atoms with van der Waals surface area (Å²) in [6.45, 7) is 3.85. The molecule has 6 heteroatoms. The van der Waals surface area contributed by atoms with Gasteiger partial charge in [-0.05, 0) is 31.5 Å². The molecule has 2 fully saturated rings. The third-order valence-electron chi connectivity index (χ3n) is 7.22. The molecule has 2 heterocycles. The van der Waals surface area contributed by atoms with Crippen molar-refractivity contribution in [2.45, 2.75) is 25.6 Å². The van der Waals surface area contributed by atoms with Gasteiger partial charge in [-0.2, -0.15) is 0 Å². The van der Waals surface area contributed by atoms with Crippen LogP contribution >= 0.6 is 0 Å². The van der Waals surface area contributed by atoms with Crippen LogP contribution in [0.25, 0.3) is 0 Å². The summed E-state index contributed by atoms with van der Waals surface area (Å²) in [5.41, 5.74) is 1.48. The molecule has 6 nitrogen and oxygen atoms in total. The Kier molecular flexibility index (Phi) is 4.29. The Morgan fingerprint density at radius 1 is 0.706 bits per heavy atom. The first-order chi connectivity index (χ1) is 16.3. The van der Waals surface area contributed by atoms with Gasteiger partial charge in [-0.25, -0.2) is 4.90 Å². The van der Waals surface area contributed by atoms with Crippen molar-refractivity contribution in [2.24, 2.45) is 11.8 Å². The number of benzene rings is 3. The van der Waals surface area contributed by atoms with Gasteiger partial charge in [-0.3, -0.25) is 19.2 Å². The lowest BCUT2D eigenvalue weighted by atomic mass is 9.77. The molecule has 1 aliphatic carbocycles. The smallest absolute Gasteiger partial charge is 0.241 e. The zero-order valence-corrected chi connectivity index (χ0v) is 18.6. The molecule has 3 aromatic carbocycles. The van der Waals surface area contributed by atoms with Crippen LogP contribution < -0.4 is 4.90 Å². The monoisotopic (exact) mass is 451 g/mol. The van der Waals surface area contributed by atoms with E-state index in [0.717, 1.165) is 16.0 Å². The maximum atomic E-state index is 13.8. The molecule has 3 aromatic rings. The minimum absolute atomic E-state index is 0.227. The second kappa shape index (κ2) is 7.05. The largest absolute Gasteiger partial charge is 0.349 e. The van der Waals surface area contributed by atoms with Gasteiger partial charge in [0.25, 0.3) is 0 Å². The highest BCUT2D eigenvalue weighted by Gasteiger charge is 2.74. The summed E-state index contributed by atoms with van der Waals surface area (Å²) in [4.78, 5) is 56.1. The molecular weight excluding hydrogens is 430 g/mol. The van der Waals surface area contributed by atoms with Gasteiger partial charge in [0.1, 0.15) is 0 Å². The zero-order chi connectivity index (χ0) is 23.8. The third kappa shape index (κ3) is 2.54. The summed E-state index contributed by atoms with van der Waals surface area (Å²) in [6.07, 6.45) is -0.903. The molecule has 34 heavy (non-hydrogen) atoms. The van der Waals surface area contributed by atoms with Gasteiger partial charge in [-0.1, -0.05) is 71.8 Å². The molecule has 1 spiro atoms. The van der Waals surface area contributed by atoms with Gasteiger partial charge in [0.05, 0.1) is 23.6 Å². The van der Waals surface area contributed by atoms with Crippen LogP contribution in [0.15, 0.2) is 72.8 Å². The first-order valence-corrected chi connectivity index (χ1v) is 11.2. The normalized spacial score (nSPS) is 24.8. The van der Waals surface area contributed by atoms with Crippen LogP contribution in [0.1, 0.15) is 43.5 Å². The van der Waals surface area contributed by atoms with Gasteiger partial charge in [0, 0.05) is 11.1 Å². The fourth-order valence-corrected chi connectivity index (χ4v) is 5.52. The predicted molar refractivity (Wildman–Crippen MR) is 123 cm³/mol. The number of rotatable bonds is 2. The highest BCUT2D eigenvalue weighted by Crippen LogP contribution is 2.57. The quantitative estimate of drug-likeness (QED) is 0.435. The molecule has 0 radical (unpaired) electrons. The van der Waals surface area contributed by atoms with E-state index in [-0.39, 0.29) is 11.1 Å². The van der Waals surface area contributed by atoms with Crippen LogP contribution in [0.5, 0.6) is 0 Å². The second-order valence-corrected chi connectivity index (χ2v) is 9.24. The van der Waals surface area contributed by atoms with E-state index in [1.165, 1.54) is 0 Å². The summed E-state index contributed by atoms with van der Waals surface area (Å²) in [7, 11) is 0. The maximum absolute atomic E-state index is 13.8. The van der Waals surface area contributed by atoms with Crippen molar-refractivity contribution in [3.05, 3.63) is 101 Å². The predicted octanol–water partition coefficient (Wildman–Crippen LogP) is 4.00. The van der Waals surface area contributed by atoms with Crippen LogP contribution in [0, 0.1) is 25.7 Å². The standard InChI is InChI=1S/C28H21NO5/c1-15-7-11-17(12-8-15)23-21-22(27(33)29(26(21)32)18-13-9-16(2)10-14-18)28(34-23)24(30)19-5-3-4-6-20(19)25(28)31/h3-14,21-23H,1-2H3/t21-,22-,23+/m1/s1. The lowest BCUT2D eigenvalue weighted by Gasteiger charge is -2.27. The van der Waals surface area contributed by atoms with Crippen molar-refractivity contribution in [3.63, 3.8) is 0 Å². The molecule has 168 valence electrons. The van der Waals surface area contributed by atoms with Crippen LogP contribution in [0.3, 0.4) is 0 Å². The number of hydrogen-bond acceptors (Lipinski definition) is 5. The van der Waals surface area contributed by atoms with E-state index in [0.29, 0.717) is 11.3 Å². The number of Topliss-reactive ketones (excluding diaryl/α,β-unsaturated/α-hetero) is 2. The summed E-state index contributed by atoms with van der Waals surface area (Å²) >= 11 is 0. The number of imide groups is 1. The Bertz CT molecular complexity index is 1350. The van der Waals surface area contributed by atoms with Gasteiger partial charge >= 0.3 is 0 Å². The second-order valence-electron chi connectivity index (χ2n) is 9.24. The van der Waals surface area contributed by atoms with Gasteiger partial charge in [0.15, 0.2) is 0 Å². The van der Waals surface area contributed by atoms with Crippen LogP contribution in [0.2, 0.25) is 0 Å². The van der Waals surface area contributed by atoms with Crippen molar-refractivity contribution >= 4 is 29.1 Å². The fraction of sp³-hybridized carbons (Fsp3) is 0.214. The van der Waals surface area contributed by atoms with E-state index >= 15 is 0 Å². The van der Waals surface area contributed by atoms with Crippen molar-refractivity contribution in [2.75, 3.05) is 4.90 Å². The first kappa shape index (κ1) is 20.7. The number of ketones is 2. The number of aryl methyl sites for hydroxylation is 2. The minimum atomic E-state index is -2.05.